The Labute approximate surface area is 147 Å². The van der Waals surface area contributed by atoms with Gasteiger partial charge in [-0.25, -0.2) is 4.39 Å². The molecule has 0 N–H and O–H groups in total. The topological polar surface area (TPSA) is 110 Å². The van der Waals surface area contributed by atoms with E-state index in [1.54, 1.807) is 19.1 Å². The van der Waals surface area contributed by atoms with E-state index >= 15 is 0 Å². The Hall–Kier alpha value is -3.19. The maximum atomic E-state index is 13.6. The van der Waals surface area contributed by atoms with Crippen LogP contribution in [0.25, 0.3) is 21.5 Å². The van der Waals surface area contributed by atoms with Crippen molar-refractivity contribution < 1.29 is 8.91 Å². The average molecular weight is 356 g/mol. The third-order valence-electron chi connectivity index (χ3n) is 4.10. The lowest BCUT2D eigenvalue weighted by atomic mass is 10.0. The Morgan fingerprint density at radius 2 is 2.19 bits per heavy atom. The molecule has 0 saturated heterocycles. The van der Waals surface area contributed by atoms with Gasteiger partial charge in [0, 0.05) is 4.91 Å². The maximum absolute atomic E-state index is 13.6. The van der Waals surface area contributed by atoms with Crippen LogP contribution in [-0.2, 0) is 6.54 Å². The van der Waals surface area contributed by atoms with Crippen molar-refractivity contribution in [3.8, 4) is 0 Å². The number of azide groups is 1. The molecule has 0 aliphatic rings. The standard InChI is InChI=1S/C17H17FN6O2/c1-9(2)14(21-23-19)15-20-16-13(10(3)22-26-16)17(25)24(15)8-11-5-4-6-12(18)7-11/h4-7,9,14H,8H2,1-3H3. The number of benzene rings is 1. The Bertz CT molecular complexity index is 1060. The lowest BCUT2D eigenvalue weighted by molar-refractivity contribution is 0.428. The van der Waals surface area contributed by atoms with E-state index in [-0.39, 0.29) is 34.9 Å². The van der Waals surface area contributed by atoms with Crippen LogP contribution in [0.3, 0.4) is 0 Å². The van der Waals surface area contributed by atoms with Crippen LogP contribution in [0, 0.1) is 18.7 Å². The van der Waals surface area contributed by atoms with E-state index in [9.17, 15) is 9.18 Å². The number of aryl methyl sites for hydroxylation is 1. The summed E-state index contributed by atoms with van der Waals surface area (Å²) < 4.78 is 20.1. The van der Waals surface area contributed by atoms with Crippen molar-refractivity contribution in [2.24, 2.45) is 11.0 Å². The van der Waals surface area contributed by atoms with Gasteiger partial charge in [-0.3, -0.25) is 9.36 Å². The molecule has 0 fully saturated rings. The smallest absolute Gasteiger partial charge is 0.267 e. The number of nitrogens with zero attached hydrogens (tertiary/aromatic N) is 6. The van der Waals surface area contributed by atoms with Gasteiger partial charge < -0.3 is 4.52 Å². The van der Waals surface area contributed by atoms with Gasteiger partial charge >= 0.3 is 0 Å². The monoisotopic (exact) mass is 356 g/mol. The summed E-state index contributed by atoms with van der Waals surface area (Å²) in [6, 6.07) is 5.27. The van der Waals surface area contributed by atoms with Gasteiger partial charge in [0.05, 0.1) is 18.3 Å². The van der Waals surface area contributed by atoms with Crippen LogP contribution in [0.1, 0.15) is 37.0 Å². The van der Waals surface area contributed by atoms with Crippen molar-refractivity contribution in [2.75, 3.05) is 0 Å². The summed E-state index contributed by atoms with van der Waals surface area (Å²) in [5.74, 6) is -0.253. The summed E-state index contributed by atoms with van der Waals surface area (Å²) in [5, 5.41) is 7.84. The molecule has 0 aliphatic heterocycles. The number of aromatic nitrogens is 3. The fourth-order valence-electron chi connectivity index (χ4n) is 2.82. The molecule has 1 aromatic carbocycles. The zero-order valence-corrected chi connectivity index (χ0v) is 14.5. The van der Waals surface area contributed by atoms with Crippen molar-refractivity contribution in [2.45, 2.75) is 33.4 Å². The highest BCUT2D eigenvalue weighted by atomic mass is 19.1. The molecule has 0 bridgehead atoms. The number of fused-ring (bicyclic) bond motifs is 1. The Kier molecular flexibility index (Phi) is 4.73. The first kappa shape index (κ1) is 17.6. The SMILES string of the molecule is Cc1noc2nc(C(N=[N+]=[N-])C(C)C)n(Cc3cccc(F)c3)c(=O)c12. The summed E-state index contributed by atoms with van der Waals surface area (Å²) >= 11 is 0. The Morgan fingerprint density at radius 3 is 2.85 bits per heavy atom. The Balaban J connectivity index is 2.27. The predicted octanol–water partition coefficient (Wildman–Crippen LogP) is 3.89. The molecule has 0 aliphatic carbocycles. The molecular weight excluding hydrogens is 339 g/mol. The van der Waals surface area contributed by atoms with Crippen LogP contribution < -0.4 is 5.56 Å². The fraction of sp³-hybridized carbons (Fsp3) is 0.353. The molecule has 9 heteroatoms. The number of rotatable bonds is 5. The molecular formula is C17H17FN6O2. The largest absolute Gasteiger partial charge is 0.335 e. The lowest BCUT2D eigenvalue weighted by Gasteiger charge is -2.19. The van der Waals surface area contributed by atoms with Crippen molar-refractivity contribution >= 4 is 11.1 Å². The van der Waals surface area contributed by atoms with Gasteiger partial charge in [-0.1, -0.05) is 36.3 Å². The van der Waals surface area contributed by atoms with E-state index in [1.165, 1.54) is 16.7 Å². The van der Waals surface area contributed by atoms with Crippen molar-refractivity contribution in [1.29, 1.82) is 0 Å². The number of hydrogen-bond donors (Lipinski definition) is 0. The normalized spacial score (nSPS) is 12.3. The van der Waals surface area contributed by atoms with E-state index in [4.69, 9.17) is 10.1 Å². The molecule has 2 aromatic heterocycles. The van der Waals surface area contributed by atoms with Gasteiger partial charge in [-0.15, -0.1) is 0 Å². The molecule has 0 saturated carbocycles. The second kappa shape index (κ2) is 6.97. The van der Waals surface area contributed by atoms with E-state index in [2.05, 4.69) is 20.2 Å². The van der Waals surface area contributed by atoms with Crippen LogP contribution in [0.4, 0.5) is 4.39 Å². The molecule has 26 heavy (non-hydrogen) atoms. The summed E-state index contributed by atoms with van der Waals surface area (Å²) in [4.78, 5) is 20.3. The predicted molar refractivity (Wildman–Crippen MR) is 93.0 cm³/mol. The summed E-state index contributed by atoms with van der Waals surface area (Å²) in [7, 11) is 0. The second-order valence-electron chi connectivity index (χ2n) is 6.33. The second-order valence-corrected chi connectivity index (χ2v) is 6.33. The van der Waals surface area contributed by atoms with Crippen molar-refractivity contribution in [3.63, 3.8) is 0 Å². The maximum Gasteiger partial charge on any atom is 0.267 e. The van der Waals surface area contributed by atoms with Gasteiger partial charge in [0.15, 0.2) is 0 Å². The molecule has 0 spiro atoms. The molecule has 3 rings (SSSR count). The highest BCUT2D eigenvalue weighted by Crippen LogP contribution is 2.26. The van der Waals surface area contributed by atoms with Crippen LogP contribution in [0.5, 0.6) is 0 Å². The first-order valence-electron chi connectivity index (χ1n) is 8.07. The van der Waals surface area contributed by atoms with E-state index in [0.29, 0.717) is 11.3 Å². The Morgan fingerprint density at radius 1 is 1.42 bits per heavy atom. The zero-order valence-electron chi connectivity index (χ0n) is 14.5. The van der Waals surface area contributed by atoms with Crippen LogP contribution in [0.2, 0.25) is 0 Å². The third kappa shape index (κ3) is 3.16. The minimum Gasteiger partial charge on any atom is -0.335 e. The third-order valence-corrected chi connectivity index (χ3v) is 4.10. The summed E-state index contributed by atoms with van der Waals surface area (Å²) in [5.41, 5.74) is 9.64. The fourth-order valence-corrected chi connectivity index (χ4v) is 2.82. The number of halogens is 1. The van der Waals surface area contributed by atoms with Gasteiger partial charge in [0.2, 0.25) is 0 Å². The number of hydrogen-bond acceptors (Lipinski definition) is 5. The first-order valence-corrected chi connectivity index (χ1v) is 8.07. The minimum absolute atomic E-state index is 0.0870. The van der Waals surface area contributed by atoms with Crippen molar-refractivity contribution in [3.05, 3.63) is 68.0 Å². The molecule has 134 valence electrons. The molecule has 1 unspecified atom stereocenters. The van der Waals surface area contributed by atoms with Crippen molar-refractivity contribution in [1.82, 2.24) is 14.7 Å². The quantitative estimate of drug-likeness (QED) is 0.392. The van der Waals surface area contributed by atoms with Gasteiger partial charge in [0.25, 0.3) is 11.3 Å². The van der Waals surface area contributed by atoms with Gasteiger partial charge in [0.1, 0.15) is 17.0 Å². The minimum atomic E-state index is -0.684. The molecule has 0 amide bonds. The van der Waals surface area contributed by atoms with E-state index in [1.807, 2.05) is 13.8 Å². The zero-order chi connectivity index (χ0) is 18.8. The summed E-state index contributed by atoms with van der Waals surface area (Å²) in [6.45, 7) is 5.44. The van der Waals surface area contributed by atoms with Crippen LogP contribution in [0.15, 0.2) is 38.7 Å². The average Bonchev–Trinajstić information content (AvgIpc) is 2.96. The molecule has 0 radical (unpaired) electrons. The van der Waals surface area contributed by atoms with E-state index < -0.39 is 11.9 Å². The van der Waals surface area contributed by atoms with Gasteiger partial charge in [-0.05, 0) is 36.1 Å². The molecule has 3 aromatic rings. The molecule has 1 atom stereocenters. The highest BCUT2D eigenvalue weighted by Gasteiger charge is 2.24. The van der Waals surface area contributed by atoms with Crippen LogP contribution in [-0.4, -0.2) is 14.7 Å². The first-order chi connectivity index (χ1) is 12.4. The molecule has 2 heterocycles. The van der Waals surface area contributed by atoms with E-state index in [0.717, 1.165) is 0 Å². The molecule has 8 nitrogen and oxygen atoms in total. The highest BCUT2D eigenvalue weighted by molar-refractivity contribution is 5.74. The van der Waals surface area contributed by atoms with Gasteiger partial charge in [-0.2, -0.15) is 4.98 Å². The van der Waals surface area contributed by atoms with Crippen LogP contribution >= 0.6 is 0 Å². The summed E-state index contributed by atoms with van der Waals surface area (Å²) in [6.07, 6.45) is 0. The lowest BCUT2D eigenvalue weighted by Crippen LogP contribution is -2.28.